The highest BCUT2D eigenvalue weighted by molar-refractivity contribution is 4.97. The Balaban J connectivity index is 2.11. The van der Waals surface area contributed by atoms with Crippen LogP contribution in [0.15, 0.2) is 6.33 Å². The van der Waals surface area contributed by atoms with Gasteiger partial charge >= 0.3 is 0 Å². The van der Waals surface area contributed by atoms with E-state index >= 15 is 0 Å². The summed E-state index contributed by atoms with van der Waals surface area (Å²) in [5.74, 6) is 1.77. The molecule has 1 aromatic rings. The van der Waals surface area contributed by atoms with Gasteiger partial charge in [-0.3, -0.25) is 9.58 Å². The number of nitrogens with zero attached hydrogens (tertiary/aromatic N) is 4. The Kier molecular flexibility index (Phi) is 4.81. The van der Waals surface area contributed by atoms with Crippen molar-refractivity contribution in [3.05, 3.63) is 12.2 Å². The average Bonchev–Trinajstić information content (AvgIpc) is 2.78. The quantitative estimate of drug-likeness (QED) is 0.893. The second-order valence-electron chi connectivity index (χ2n) is 6.78. The normalized spacial score (nSPS) is 28.2. The van der Waals surface area contributed by atoms with Gasteiger partial charge in [0, 0.05) is 31.7 Å². The molecule has 0 amide bonds. The second-order valence-corrected chi connectivity index (χ2v) is 6.78. The van der Waals surface area contributed by atoms with Crippen molar-refractivity contribution in [2.24, 2.45) is 13.0 Å². The summed E-state index contributed by atoms with van der Waals surface area (Å²) in [5, 5.41) is 7.93. The Morgan fingerprint density at radius 2 is 2.25 bits per heavy atom. The maximum absolute atomic E-state index is 4.39. The van der Waals surface area contributed by atoms with Crippen LogP contribution in [0.25, 0.3) is 0 Å². The van der Waals surface area contributed by atoms with E-state index < -0.39 is 0 Å². The molecule has 0 saturated carbocycles. The van der Waals surface area contributed by atoms with E-state index in [9.17, 15) is 0 Å². The van der Waals surface area contributed by atoms with Crippen LogP contribution in [-0.2, 0) is 13.6 Å². The van der Waals surface area contributed by atoms with E-state index in [4.69, 9.17) is 0 Å². The molecule has 1 saturated heterocycles. The standard InChI is InChI=1S/C15H29N5/c1-6-15(4)10-20(9-14-16-11-18-19(14)5)13(8-17-15)7-12(2)3/h11-13,17H,6-10H2,1-5H3. The van der Waals surface area contributed by atoms with Gasteiger partial charge in [-0.25, -0.2) is 4.98 Å². The number of nitrogens with one attached hydrogen (secondary N) is 1. The van der Waals surface area contributed by atoms with Crippen LogP contribution in [0, 0.1) is 5.92 Å². The molecule has 2 heterocycles. The minimum absolute atomic E-state index is 0.214. The number of aryl methyl sites for hydroxylation is 1. The number of hydrogen-bond acceptors (Lipinski definition) is 4. The van der Waals surface area contributed by atoms with Crippen LogP contribution in [0.3, 0.4) is 0 Å². The minimum Gasteiger partial charge on any atom is -0.309 e. The Hall–Kier alpha value is -0.940. The summed E-state index contributed by atoms with van der Waals surface area (Å²) < 4.78 is 1.89. The molecule has 1 aliphatic heterocycles. The van der Waals surface area contributed by atoms with E-state index in [1.54, 1.807) is 6.33 Å². The first kappa shape index (κ1) is 15.4. The van der Waals surface area contributed by atoms with Gasteiger partial charge in [0.2, 0.25) is 0 Å². The molecule has 0 bridgehead atoms. The van der Waals surface area contributed by atoms with E-state index in [0.717, 1.165) is 37.8 Å². The van der Waals surface area contributed by atoms with Gasteiger partial charge in [-0.1, -0.05) is 20.8 Å². The van der Waals surface area contributed by atoms with Crippen LogP contribution in [0.1, 0.15) is 46.4 Å². The first-order valence-electron chi connectivity index (χ1n) is 7.75. The molecule has 5 nitrogen and oxygen atoms in total. The molecular weight excluding hydrogens is 250 g/mol. The van der Waals surface area contributed by atoms with Crippen molar-refractivity contribution in [3.8, 4) is 0 Å². The summed E-state index contributed by atoms with van der Waals surface area (Å²) in [5.41, 5.74) is 0.214. The second kappa shape index (κ2) is 6.22. The number of piperazine rings is 1. The van der Waals surface area contributed by atoms with Crippen molar-refractivity contribution in [1.29, 1.82) is 0 Å². The molecule has 1 fully saturated rings. The summed E-state index contributed by atoms with van der Waals surface area (Å²) in [6, 6.07) is 0.589. The first-order chi connectivity index (χ1) is 9.43. The monoisotopic (exact) mass is 279 g/mol. The fourth-order valence-electron chi connectivity index (χ4n) is 2.97. The van der Waals surface area contributed by atoms with Gasteiger partial charge in [-0.2, -0.15) is 5.10 Å². The van der Waals surface area contributed by atoms with Crippen LogP contribution in [0.2, 0.25) is 0 Å². The molecule has 0 aliphatic carbocycles. The highest BCUT2D eigenvalue weighted by Gasteiger charge is 2.35. The maximum atomic E-state index is 4.39. The van der Waals surface area contributed by atoms with Crippen LogP contribution in [0.4, 0.5) is 0 Å². The Bertz CT molecular complexity index is 428. The van der Waals surface area contributed by atoms with E-state index in [2.05, 4.69) is 48.0 Å². The van der Waals surface area contributed by atoms with E-state index in [0.29, 0.717) is 6.04 Å². The Morgan fingerprint density at radius 1 is 1.50 bits per heavy atom. The molecule has 5 heteroatoms. The summed E-state index contributed by atoms with van der Waals surface area (Å²) in [4.78, 5) is 6.97. The van der Waals surface area contributed by atoms with Crippen LogP contribution in [0.5, 0.6) is 0 Å². The third kappa shape index (κ3) is 3.58. The molecule has 2 rings (SSSR count). The highest BCUT2D eigenvalue weighted by Crippen LogP contribution is 2.23. The first-order valence-corrected chi connectivity index (χ1v) is 7.75. The van der Waals surface area contributed by atoms with E-state index in [1.807, 2.05) is 11.7 Å². The lowest BCUT2D eigenvalue weighted by molar-refractivity contribution is 0.0633. The third-order valence-electron chi connectivity index (χ3n) is 4.51. The summed E-state index contributed by atoms with van der Waals surface area (Å²) in [7, 11) is 1.97. The molecular formula is C15H29N5. The van der Waals surface area contributed by atoms with Crippen molar-refractivity contribution >= 4 is 0 Å². The molecule has 0 spiro atoms. The molecule has 0 aromatic carbocycles. The lowest BCUT2D eigenvalue weighted by Gasteiger charge is -2.46. The summed E-state index contributed by atoms with van der Waals surface area (Å²) >= 11 is 0. The average molecular weight is 279 g/mol. The zero-order chi connectivity index (χ0) is 14.8. The Labute approximate surface area is 122 Å². The van der Waals surface area contributed by atoms with Gasteiger partial charge in [-0.15, -0.1) is 0 Å². The fourth-order valence-corrected chi connectivity index (χ4v) is 2.97. The van der Waals surface area contributed by atoms with Crippen molar-refractivity contribution in [3.63, 3.8) is 0 Å². The largest absolute Gasteiger partial charge is 0.309 e. The van der Waals surface area contributed by atoms with E-state index in [-0.39, 0.29) is 5.54 Å². The number of aromatic nitrogens is 3. The molecule has 20 heavy (non-hydrogen) atoms. The Morgan fingerprint density at radius 3 is 2.80 bits per heavy atom. The van der Waals surface area contributed by atoms with Gasteiger partial charge in [0.1, 0.15) is 12.2 Å². The summed E-state index contributed by atoms with van der Waals surface area (Å²) in [6.45, 7) is 12.2. The van der Waals surface area contributed by atoms with Gasteiger partial charge in [0.05, 0.1) is 6.54 Å². The van der Waals surface area contributed by atoms with Gasteiger partial charge < -0.3 is 5.32 Å². The predicted octanol–water partition coefficient (Wildman–Crippen LogP) is 1.80. The molecule has 1 aromatic heterocycles. The molecule has 1 N–H and O–H groups in total. The van der Waals surface area contributed by atoms with Crippen LogP contribution >= 0.6 is 0 Å². The molecule has 114 valence electrons. The molecule has 2 unspecified atom stereocenters. The van der Waals surface area contributed by atoms with Crippen molar-refractivity contribution in [1.82, 2.24) is 25.0 Å². The van der Waals surface area contributed by atoms with Crippen molar-refractivity contribution in [2.75, 3.05) is 13.1 Å². The third-order valence-corrected chi connectivity index (χ3v) is 4.51. The molecule has 0 radical (unpaired) electrons. The van der Waals surface area contributed by atoms with E-state index in [1.165, 1.54) is 6.42 Å². The number of rotatable bonds is 5. The fraction of sp³-hybridized carbons (Fsp3) is 0.867. The predicted molar refractivity (Wildman–Crippen MR) is 81.4 cm³/mol. The van der Waals surface area contributed by atoms with Crippen LogP contribution in [-0.4, -0.2) is 44.3 Å². The lowest BCUT2D eigenvalue weighted by Crippen LogP contribution is -2.62. The minimum atomic E-state index is 0.214. The van der Waals surface area contributed by atoms with Gasteiger partial charge in [0.25, 0.3) is 0 Å². The van der Waals surface area contributed by atoms with Crippen LogP contribution < -0.4 is 5.32 Å². The van der Waals surface area contributed by atoms with Gasteiger partial charge in [0.15, 0.2) is 0 Å². The molecule has 2 atom stereocenters. The molecule has 1 aliphatic rings. The summed E-state index contributed by atoms with van der Waals surface area (Å²) in [6.07, 6.45) is 4.02. The maximum Gasteiger partial charge on any atom is 0.140 e. The van der Waals surface area contributed by atoms with Gasteiger partial charge in [-0.05, 0) is 25.7 Å². The number of hydrogen-bond donors (Lipinski definition) is 1. The highest BCUT2D eigenvalue weighted by atomic mass is 15.3. The lowest BCUT2D eigenvalue weighted by atomic mass is 9.90. The smallest absolute Gasteiger partial charge is 0.140 e. The van der Waals surface area contributed by atoms with Crippen molar-refractivity contribution in [2.45, 2.75) is 58.7 Å². The SMILES string of the molecule is CCC1(C)CN(Cc2ncnn2C)C(CC(C)C)CN1. The zero-order valence-electron chi connectivity index (χ0n) is 13.6. The topological polar surface area (TPSA) is 46.0 Å². The van der Waals surface area contributed by atoms with Crippen molar-refractivity contribution < 1.29 is 0 Å². The zero-order valence-corrected chi connectivity index (χ0v) is 13.6.